The van der Waals surface area contributed by atoms with Crippen LogP contribution < -0.4 is 9.47 Å². The zero-order chi connectivity index (χ0) is 15.8. The van der Waals surface area contributed by atoms with E-state index in [1.807, 2.05) is 0 Å². The largest absolute Gasteiger partial charge is 0.493 e. The molecule has 21 heavy (non-hydrogen) atoms. The van der Waals surface area contributed by atoms with Crippen LogP contribution in [0.4, 0.5) is 5.69 Å². The molecule has 0 aliphatic rings. The van der Waals surface area contributed by atoms with E-state index in [0.29, 0.717) is 18.6 Å². The fourth-order valence-corrected chi connectivity index (χ4v) is 1.99. The van der Waals surface area contributed by atoms with Gasteiger partial charge in [-0.15, -0.1) is 0 Å². The Hall–Kier alpha value is -1.82. The van der Waals surface area contributed by atoms with Gasteiger partial charge in [-0.05, 0) is 24.5 Å². The van der Waals surface area contributed by atoms with Crippen molar-refractivity contribution in [1.29, 1.82) is 0 Å². The summed E-state index contributed by atoms with van der Waals surface area (Å²) < 4.78 is 10.7. The molecule has 0 heterocycles. The lowest BCUT2D eigenvalue weighted by Gasteiger charge is -2.14. The van der Waals surface area contributed by atoms with Crippen molar-refractivity contribution in [1.82, 2.24) is 0 Å². The average Bonchev–Trinajstić information content (AvgIpc) is 2.49. The number of nitrogens with zero attached hydrogens (tertiary/aromatic N) is 1. The van der Waals surface area contributed by atoms with Gasteiger partial charge >= 0.3 is 5.69 Å². The van der Waals surface area contributed by atoms with Gasteiger partial charge in [0, 0.05) is 6.07 Å². The zero-order valence-corrected chi connectivity index (χ0v) is 12.8. The Morgan fingerprint density at radius 3 is 2.57 bits per heavy atom. The van der Waals surface area contributed by atoms with Crippen LogP contribution in [0.25, 0.3) is 0 Å². The molecule has 0 saturated heterocycles. The van der Waals surface area contributed by atoms with Crippen molar-refractivity contribution in [3.05, 3.63) is 27.8 Å². The number of hydrogen-bond donors (Lipinski definition) is 1. The second-order valence-corrected chi connectivity index (χ2v) is 4.81. The number of hydrogen-bond acceptors (Lipinski definition) is 5. The van der Waals surface area contributed by atoms with Gasteiger partial charge in [-0.1, -0.05) is 26.7 Å². The summed E-state index contributed by atoms with van der Waals surface area (Å²) in [6, 6.07) is 2.95. The van der Waals surface area contributed by atoms with Crippen molar-refractivity contribution in [2.75, 3.05) is 13.7 Å². The lowest BCUT2D eigenvalue weighted by atomic mass is 10.1. The van der Waals surface area contributed by atoms with Crippen molar-refractivity contribution in [3.63, 3.8) is 0 Å². The minimum absolute atomic E-state index is 0.130. The smallest absolute Gasteiger partial charge is 0.315 e. The maximum atomic E-state index is 11.2. The second-order valence-electron chi connectivity index (χ2n) is 4.81. The predicted molar refractivity (Wildman–Crippen MR) is 79.9 cm³/mol. The highest BCUT2D eigenvalue weighted by Crippen LogP contribution is 2.40. The molecule has 0 saturated carbocycles. The van der Waals surface area contributed by atoms with E-state index in [4.69, 9.17) is 9.47 Å². The number of ether oxygens (including phenoxy) is 2. The number of rotatable bonds is 9. The Balaban J connectivity index is 3.11. The highest BCUT2D eigenvalue weighted by Gasteiger charge is 2.24. The molecule has 0 aliphatic carbocycles. The van der Waals surface area contributed by atoms with Crippen LogP contribution in [0.1, 0.15) is 51.2 Å². The number of nitro groups is 1. The van der Waals surface area contributed by atoms with Crippen LogP contribution in [0.3, 0.4) is 0 Å². The van der Waals surface area contributed by atoms with E-state index in [9.17, 15) is 15.2 Å². The minimum atomic E-state index is -0.758. The Morgan fingerprint density at radius 2 is 2.05 bits per heavy atom. The molecule has 0 aliphatic heterocycles. The van der Waals surface area contributed by atoms with Crippen LogP contribution in [0.2, 0.25) is 0 Å². The molecule has 6 heteroatoms. The minimum Gasteiger partial charge on any atom is -0.493 e. The van der Waals surface area contributed by atoms with Gasteiger partial charge in [-0.3, -0.25) is 10.1 Å². The van der Waals surface area contributed by atoms with E-state index in [2.05, 4.69) is 6.92 Å². The first-order valence-corrected chi connectivity index (χ1v) is 7.22. The maximum absolute atomic E-state index is 11.2. The van der Waals surface area contributed by atoms with Gasteiger partial charge in [0.2, 0.25) is 5.75 Å². The topological polar surface area (TPSA) is 81.8 Å². The predicted octanol–water partition coefficient (Wildman–Crippen LogP) is 3.62. The van der Waals surface area contributed by atoms with Crippen LogP contribution in [0, 0.1) is 10.1 Å². The van der Waals surface area contributed by atoms with Crippen molar-refractivity contribution >= 4 is 5.69 Å². The molecular weight excluding hydrogens is 274 g/mol. The van der Waals surface area contributed by atoms with Gasteiger partial charge in [-0.25, -0.2) is 0 Å². The van der Waals surface area contributed by atoms with Crippen molar-refractivity contribution in [3.8, 4) is 11.5 Å². The van der Waals surface area contributed by atoms with Crippen LogP contribution in [0.5, 0.6) is 11.5 Å². The average molecular weight is 297 g/mol. The number of benzene rings is 1. The third-order valence-corrected chi connectivity index (χ3v) is 3.24. The second kappa shape index (κ2) is 8.46. The van der Waals surface area contributed by atoms with Gasteiger partial charge in [-0.2, -0.15) is 0 Å². The monoisotopic (exact) mass is 297 g/mol. The number of unbranched alkanes of at least 4 members (excludes halogenated alkanes) is 2. The molecule has 1 aromatic rings. The van der Waals surface area contributed by atoms with E-state index in [-0.39, 0.29) is 17.2 Å². The Morgan fingerprint density at radius 1 is 1.33 bits per heavy atom. The molecule has 0 bridgehead atoms. The highest BCUT2D eigenvalue weighted by molar-refractivity contribution is 5.58. The molecule has 0 fully saturated rings. The van der Waals surface area contributed by atoms with E-state index < -0.39 is 11.0 Å². The van der Waals surface area contributed by atoms with Crippen LogP contribution in [0.15, 0.2) is 12.1 Å². The Kier molecular flexibility index (Phi) is 6.94. The molecule has 0 amide bonds. The van der Waals surface area contributed by atoms with Gasteiger partial charge in [0.15, 0.2) is 5.75 Å². The Bertz CT molecular complexity index is 475. The lowest BCUT2D eigenvalue weighted by Crippen LogP contribution is -2.05. The summed E-state index contributed by atoms with van der Waals surface area (Å²) in [5.41, 5.74) is 0.287. The van der Waals surface area contributed by atoms with Gasteiger partial charge < -0.3 is 14.6 Å². The molecule has 1 N–H and O–H groups in total. The summed E-state index contributed by atoms with van der Waals surface area (Å²) in [4.78, 5) is 10.7. The van der Waals surface area contributed by atoms with E-state index in [0.717, 1.165) is 19.3 Å². The van der Waals surface area contributed by atoms with Crippen LogP contribution in [-0.2, 0) is 0 Å². The summed E-state index contributed by atoms with van der Waals surface area (Å²) in [5.74, 6) is 0.411. The van der Waals surface area contributed by atoms with Gasteiger partial charge in [0.05, 0.1) is 24.7 Å². The van der Waals surface area contributed by atoms with Gasteiger partial charge in [0.1, 0.15) is 0 Å². The van der Waals surface area contributed by atoms with Crippen LogP contribution >= 0.6 is 0 Å². The lowest BCUT2D eigenvalue weighted by molar-refractivity contribution is -0.386. The SMILES string of the molecule is CCCCCOc1c(OC)cc(C(O)CC)cc1[N+](=O)[O-]. The summed E-state index contributed by atoms with van der Waals surface area (Å²) in [6.07, 6.45) is 2.59. The fraction of sp³-hybridized carbons (Fsp3) is 0.600. The summed E-state index contributed by atoms with van der Waals surface area (Å²) in [6.45, 7) is 4.28. The van der Waals surface area contributed by atoms with Crippen molar-refractivity contribution in [2.45, 2.75) is 45.6 Å². The highest BCUT2D eigenvalue weighted by atomic mass is 16.6. The number of nitro benzene ring substituents is 1. The first-order chi connectivity index (χ1) is 10.0. The Labute approximate surface area is 124 Å². The third-order valence-electron chi connectivity index (χ3n) is 3.24. The molecule has 118 valence electrons. The number of methoxy groups -OCH3 is 1. The first kappa shape index (κ1) is 17.2. The molecule has 0 spiro atoms. The molecule has 1 unspecified atom stereocenters. The van der Waals surface area contributed by atoms with E-state index >= 15 is 0 Å². The number of aliphatic hydroxyl groups excluding tert-OH is 1. The molecule has 0 aromatic heterocycles. The fourth-order valence-electron chi connectivity index (χ4n) is 1.99. The normalized spacial score (nSPS) is 12.0. The zero-order valence-electron chi connectivity index (χ0n) is 12.8. The van der Waals surface area contributed by atoms with E-state index in [1.54, 1.807) is 13.0 Å². The summed E-state index contributed by atoms with van der Waals surface area (Å²) in [7, 11) is 1.43. The molecule has 1 atom stereocenters. The number of aliphatic hydroxyl groups is 1. The molecule has 6 nitrogen and oxygen atoms in total. The van der Waals surface area contributed by atoms with Crippen molar-refractivity contribution in [2.24, 2.45) is 0 Å². The summed E-state index contributed by atoms with van der Waals surface area (Å²) in [5, 5.41) is 21.1. The van der Waals surface area contributed by atoms with E-state index in [1.165, 1.54) is 13.2 Å². The summed E-state index contributed by atoms with van der Waals surface area (Å²) >= 11 is 0. The molecular formula is C15H23NO5. The molecule has 1 aromatic carbocycles. The standard InChI is InChI=1S/C15H23NO5/c1-4-6-7-8-21-15-12(16(18)19)9-11(13(17)5-2)10-14(15)20-3/h9-10,13,17H,4-8H2,1-3H3. The molecule has 0 radical (unpaired) electrons. The maximum Gasteiger partial charge on any atom is 0.315 e. The van der Waals surface area contributed by atoms with Crippen molar-refractivity contribution < 1.29 is 19.5 Å². The third kappa shape index (κ3) is 4.60. The van der Waals surface area contributed by atoms with Crippen LogP contribution in [-0.4, -0.2) is 23.7 Å². The first-order valence-electron chi connectivity index (χ1n) is 7.22. The van der Waals surface area contributed by atoms with Gasteiger partial charge in [0.25, 0.3) is 0 Å². The quantitative estimate of drug-likeness (QED) is 0.427. The molecule has 1 rings (SSSR count).